The molecule has 1 saturated heterocycles. The first-order valence-corrected chi connectivity index (χ1v) is 12.3. The number of benzene rings is 2. The number of nitrogens with zero attached hydrogens (tertiary/aromatic N) is 3. The van der Waals surface area contributed by atoms with Gasteiger partial charge in [0.25, 0.3) is 5.91 Å². The van der Waals surface area contributed by atoms with Crippen LogP contribution in [-0.4, -0.2) is 38.7 Å². The normalized spacial score (nSPS) is 15.2. The van der Waals surface area contributed by atoms with Crippen molar-refractivity contribution in [3.8, 4) is 0 Å². The summed E-state index contributed by atoms with van der Waals surface area (Å²) in [6, 6.07) is 15.4. The molecule has 0 spiro atoms. The zero-order chi connectivity index (χ0) is 22.8. The van der Waals surface area contributed by atoms with Crippen LogP contribution in [0, 0.1) is 0 Å². The number of hydrogen-bond donors (Lipinski definition) is 0. The molecule has 1 aliphatic rings. The molecule has 0 bridgehead atoms. The number of anilines is 1. The van der Waals surface area contributed by atoms with Crippen LogP contribution in [0.3, 0.4) is 0 Å². The molecule has 2 amide bonds. The van der Waals surface area contributed by atoms with E-state index in [-0.39, 0.29) is 18.4 Å². The van der Waals surface area contributed by atoms with Crippen LogP contribution in [0.4, 0.5) is 5.69 Å². The standard InChI is InChI=1S/C24H22BrN3O2S2/c1-3-26(4-2)22(29)15-27-14-16(19-13-17(25)10-11-20(19)27)12-21-23(30)28(24(31)32-21)18-8-6-5-7-9-18/h5-14H,3-4,15H2,1-2H3/b21-12-. The van der Waals surface area contributed by atoms with E-state index in [1.807, 2.05) is 84.1 Å². The van der Waals surface area contributed by atoms with Crippen LogP contribution in [0.5, 0.6) is 0 Å². The van der Waals surface area contributed by atoms with E-state index >= 15 is 0 Å². The Hall–Kier alpha value is -2.42. The van der Waals surface area contributed by atoms with E-state index in [4.69, 9.17) is 12.2 Å². The minimum atomic E-state index is -0.138. The lowest BCUT2D eigenvalue weighted by molar-refractivity contribution is -0.131. The summed E-state index contributed by atoms with van der Waals surface area (Å²) >= 11 is 10.3. The van der Waals surface area contributed by atoms with Gasteiger partial charge in [-0.25, -0.2) is 0 Å². The molecule has 4 rings (SSSR count). The van der Waals surface area contributed by atoms with Crippen molar-refractivity contribution in [2.24, 2.45) is 0 Å². The van der Waals surface area contributed by atoms with Gasteiger partial charge in [-0.15, -0.1) is 0 Å². The Labute approximate surface area is 205 Å². The lowest BCUT2D eigenvalue weighted by Gasteiger charge is -2.19. The summed E-state index contributed by atoms with van der Waals surface area (Å²) < 4.78 is 3.39. The molecule has 0 unspecified atom stereocenters. The Morgan fingerprint density at radius 3 is 2.56 bits per heavy atom. The maximum Gasteiger partial charge on any atom is 0.270 e. The van der Waals surface area contributed by atoms with Crippen molar-refractivity contribution in [2.75, 3.05) is 18.0 Å². The van der Waals surface area contributed by atoms with Gasteiger partial charge in [0, 0.05) is 40.2 Å². The first kappa shape index (κ1) is 22.8. The highest BCUT2D eigenvalue weighted by molar-refractivity contribution is 9.10. The van der Waals surface area contributed by atoms with E-state index in [1.165, 1.54) is 11.8 Å². The average Bonchev–Trinajstić information content (AvgIpc) is 3.25. The molecule has 32 heavy (non-hydrogen) atoms. The second kappa shape index (κ2) is 9.60. The van der Waals surface area contributed by atoms with Crippen LogP contribution in [0.25, 0.3) is 17.0 Å². The van der Waals surface area contributed by atoms with E-state index in [1.54, 1.807) is 4.90 Å². The topological polar surface area (TPSA) is 45.6 Å². The van der Waals surface area contributed by atoms with Crippen LogP contribution in [-0.2, 0) is 16.1 Å². The van der Waals surface area contributed by atoms with Crippen molar-refractivity contribution >= 4 is 78.7 Å². The van der Waals surface area contributed by atoms with Gasteiger partial charge in [0.15, 0.2) is 4.32 Å². The summed E-state index contributed by atoms with van der Waals surface area (Å²) in [6.45, 7) is 5.56. The number of rotatable bonds is 6. The van der Waals surface area contributed by atoms with Crippen LogP contribution >= 0.6 is 39.9 Å². The van der Waals surface area contributed by atoms with E-state index in [0.717, 1.165) is 26.6 Å². The first-order chi connectivity index (χ1) is 15.4. The first-order valence-electron chi connectivity index (χ1n) is 10.3. The third kappa shape index (κ3) is 4.40. The summed E-state index contributed by atoms with van der Waals surface area (Å²) in [5.41, 5.74) is 2.58. The van der Waals surface area contributed by atoms with Gasteiger partial charge in [0.2, 0.25) is 5.91 Å². The van der Waals surface area contributed by atoms with Gasteiger partial charge in [0.1, 0.15) is 6.54 Å². The summed E-state index contributed by atoms with van der Waals surface area (Å²) in [7, 11) is 0. The van der Waals surface area contributed by atoms with Crippen LogP contribution in [0.2, 0.25) is 0 Å². The molecule has 3 aromatic rings. The molecule has 1 fully saturated rings. The van der Waals surface area contributed by atoms with Crippen LogP contribution in [0.15, 0.2) is 64.1 Å². The molecular formula is C24H22BrN3O2S2. The van der Waals surface area contributed by atoms with E-state index in [9.17, 15) is 9.59 Å². The highest BCUT2D eigenvalue weighted by Gasteiger charge is 2.33. The third-order valence-corrected chi connectivity index (χ3v) is 7.19. The number of hydrogen-bond acceptors (Lipinski definition) is 4. The number of para-hydroxylation sites is 1. The molecule has 5 nitrogen and oxygen atoms in total. The zero-order valence-electron chi connectivity index (χ0n) is 17.7. The highest BCUT2D eigenvalue weighted by atomic mass is 79.9. The number of likely N-dealkylation sites (N-methyl/N-ethyl adjacent to an activating group) is 1. The number of aromatic nitrogens is 1. The SMILES string of the molecule is CCN(CC)C(=O)Cn1cc(/C=C2\SC(=S)N(c3ccccc3)C2=O)c2cc(Br)ccc21. The molecule has 164 valence electrons. The van der Waals surface area contributed by atoms with Gasteiger partial charge in [-0.3, -0.25) is 14.5 Å². The Morgan fingerprint density at radius 2 is 1.88 bits per heavy atom. The Morgan fingerprint density at radius 1 is 1.16 bits per heavy atom. The molecule has 1 aliphatic heterocycles. The van der Waals surface area contributed by atoms with E-state index < -0.39 is 0 Å². The molecule has 0 saturated carbocycles. The molecule has 0 radical (unpaired) electrons. The molecule has 2 heterocycles. The summed E-state index contributed by atoms with van der Waals surface area (Å²) in [5, 5.41) is 0.969. The van der Waals surface area contributed by atoms with Crippen molar-refractivity contribution in [3.63, 3.8) is 0 Å². The fourth-order valence-electron chi connectivity index (χ4n) is 3.77. The minimum absolute atomic E-state index is 0.0665. The number of amides is 2. The fraction of sp³-hybridized carbons (Fsp3) is 0.208. The van der Waals surface area contributed by atoms with Gasteiger partial charge in [-0.05, 0) is 50.3 Å². The summed E-state index contributed by atoms with van der Waals surface area (Å²) in [5.74, 6) is -0.0712. The van der Waals surface area contributed by atoms with Crippen molar-refractivity contribution in [3.05, 3.63) is 69.7 Å². The largest absolute Gasteiger partial charge is 0.342 e. The smallest absolute Gasteiger partial charge is 0.270 e. The maximum absolute atomic E-state index is 13.1. The number of carbonyl (C=O) groups excluding carboxylic acids is 2. The number of halogens is 1. The Bertz CT molecular complexity index is 1230. The van der Waals surface area contributed by atoms with Crippen molar-refractivity contribution in [1.82, 2.24) is 9.47 Å². The number of thiocarbonyl (C=S) groups is 1. The molecular weight excluding hydrogens is 506 g/mol. The highest BCUT2D eigenvalue weighted by Crippen LogP contribution is 2.37. The second-order valence-electron chi connectivity index (χ2n) is 7.29. The van der Waals surface area contributed by atoms with E-state index in [0.29, 0.717) is 22.3 Å². The summed E-state index contributed by atoms with van der Waals surface area (Å²) in [4.78, 5) is 29.8. The molecule has 0 aliphatic carbocycles. The van der Waals surface area contributed by atoms with Crippen LogP contribution in [0.1, 0.15) is 19.4 Å². The minimum Gasteiger partial charge on any atom is -0.342 e. The van der Waals surface area contributed by atoms with Gasteiger partial charge in [0.05, 0.1) is 10.6 Å². The zero-order valence-corrected chi connectivity index (χ0v) is 21.0. The van der Waals surface area contributed by atoms with Crippen molar-refractivity contribution in [1.29, 1.82) is 0 Å². The van der Waals surface area contributed by atoms with Gasteiger partial charge < -0.3 is 9.47 Å². The Balaban J connectivity index is 1.72. The Kier molecular flexibility index (Phi) is 6.83. The number of thioether (sulfide) groups is 1. The van der Waals surface area contributed by atoms with E-state index in [2.05, 4.69) is 15.9 Å². The predicted octanol–water partition coefficient (Wildman–Crippen LogP) is 5.68. The van der Waals surface area contributed by atoms with Crippen LogP contribution < -0.4 is 4.90 Å². The lowest BCUT2D eigenvalue weighted by atomic mass is 10.1. The second-order valence-corrected chi connectivity index (χ2v) is 9.88. The number of carbonyl (C=O) groups is 2. The van der Waals surface area contributed by atoms with Crippen molar-refractivity contribution < 1.29 is 9.59 Å². The molecule has 1 aromatic heterocycles. The third-order valence-electron chi connectivity index (χ3n) is 5.39. The molecule has 0 atom stereocenters. The monoisotopic (exact) mass is 527 g/mol. The molecule has 2 aromatic carbocycles. The number of fused-ring (bicyclic) bond motifs is 1. The van der Waals surface area contributed by atoms with Gasteiger partial charge in [-0.1, -0.05) is 58.1 Å². The van der Waals surface area contributed by atoms with Gasteiger partial charge in [-0.2, -0.15) is 0 Å². The summed E-state index contributed by atoms with van der Waals surface area (Å²) in [6.07, 6.45) is 3.81. The fourth-order valence-corrected chi connectivity index (χ4v) is 5.42. The maximum atomic E-state index is 13.1. The molecule has 8 heteroatoms. The lowest BCUT2D eigenvalue weighted by Crippen LogP contribution is -2.33. The van der Waals surface area contributed by atoms with Gasteiger partial charge >= 0.3 is 0 Å². The average molecular weight is 528 g/mol. The quantitative estimate of drug-likeness (QED) is 0.305. The predicted molar refractivity (Wildman–Crippen MR) is 140 cm³/mol. The molecule has 0 N–H and O–H groups in total. The van der Waals surface area contributed by atoms with Crippen molar-refractivity contribution in [2.45, 2.75) is 20.4 Å².